The Labute approximate surface area is 294 Å². The third kappa shape index (κ3) is 7.51. The number of fused-ring (bicyclic) bond motifs is 8. The second kappa shape index (κ2) is 15.1. The normalized spacial score (nSPS) is 13.6. The van der Waals surface area contributed by atoms with Crippen molar-refractivity contribution in [1.29, 1.82) is 0 Å². The maximum absolute atomic E-state index is 6.06. The summed E-state index contributed by atoms with van der Waals surface area (Å²) in [7, 11) is 7.07. The van der Waals surface area contributed by atoms with Gasteiger partial charge in [0.05, 0.1) is 28.4 Å². The van der Waals surface area contributed by atoms with E-state index in [2.05, 4.69) is 112 Å². The van der Waals surface area contributed by atoms with Crippen LogP contribution in [0.25, 0.3) is 0 Å². The van der Waals surface area contributed by atoms with Crippen molar-refractivity contribution in [3.63, 3.8) is 0 Å². The summed E-state index contributed by atoms with van der Waals surface area (Å²) in [6.07, 6.45) is 6.72. The number of benzene rings is 4. The van der Waals surface area contributed by atoms with E-state index in [9.17, 15) is 0 Å². The predicted molar refractivity (Wildman–Crippen MR) is 192 cm³/mol. The third-order valence-electron chi connectivity index (χ3n) is 8.19. The van der Waals surface area contributed by atoms with Crippen molar-refractivity contribution in [2.24, 2.45) is 0 Å². The molecule has 0 N–H and O–H groups in total. The van der Waals surface area contributed by atoms with Crippen LogP contribution >= 0.6 is 63.7 Å². The van der Waals surface area contributed by atoms with Crippen LogP contribution in [0.1, 0.15) is 57.3 Å². The second-order valence-electron chi connectivity index (χ2n) is 11.1. The van der Waals surface area contributed by atoms with E-state index in [-0.39, 0.29) is 0 Å². The Balaban J connectivity index is 1.65. The summed E-state index contributed by atoms with van der Waals surface area (Å²) in [6.45, 7) is 0. The van der Waals surface area contributed by atoms with Gasteiger partial charge in [-0.25, -0.2) is 0 Å². The molecule has 8 bridgehead atoms. The van der Waals surface area contributed by atoms with Gasteiger partial charge in [-0.15, -0.1) is 0 Å². The molecule has 0 atom stereocenters. The SMILES string of the molecule is COc1c2cc(Br)cc1Cc1cc(Br)cc(c1OC)CCCc1cc(Br)cc(c1OC)Cc1cc(Br)cc(c1OC)CCC2. The summed E-state index contributed by atoms with van der Waals surface area (Å²) in [5.41, 5.74) is 9.23. The summed E-state index contributed by atoms with van der Waals surface area (Å²) < 4.78 is 28.4. The molecule has 4 aromatic rings. The summed E-state index contributed by atoms with van der Waals surface area (Å²) in [4.78, 5) is 0. The lowest BCUT2D eigenvalue weighted by Crippen LogP contribution is -2.05. The van der Waals surface area contributed by atoms with E-state index in [1.807, 2.05) is 0 Å². The molecule has 0 fully saturated rings. The van der Waals surface area contributed by atoms with Gasteiger partial charge in [-0.2, -0.15) is 0 Å². The largest absolute Gasteiger partial charge is 0.496 e. The van der Waals surface area contributed by atoms with E-state index in [0.717, 1.165) is 102 Å². The number of hydrogen-bond acceptors (Lipinski definition) is 4. The maximum atomic E-state index is 6.06. The van der Waals surface area contributed by atoms with Crippen LogP contribution in [-0.2, 0) is 38.5 Å². The van der Waals surface area contributed by atoms with Crippen molar-refractivity contribution in [2.45, 2.75) is 51.4 Å². The molecule has 0 radical (unpaired) electrons. The van der Waals surface area contributed by atoms with E-state index < -0.39 is 0 Å². The lowest BCUT2D eigenvalue weighted by molar-refractivity contribution is 0.397. The molecule has 1 aliphatic rings. The van der Waals surface area contributed by atoms with Crippen molar-refractivity contribution >= 4 is 63.7 Å². The third-order valence-corrected chi connectivity index (χ3v) is 10.0. The van der Waals surface area contributed by atoms with E-state index in [0.29, 0.717) is 12.8 Å². The Hall–Kier alpha value is -2.00. The first-order chi connectivity index (χ1) is 21.2. The summed E-state index contributed by atoms with van der Waals surface area (Å²) in [5, 5.41) is 0. The fraction of sp³-hybridized carbons (Fsp3) is 0.333. The molecule has 44 heavy (non-hydrogen) atoms. The molecule has 0 saturated heterocycles. The van der Waals surface area contributed by atoms with Crippen LogP contribution in [0.4, 0.5) is 0 Å². The minimum absolute atomic E-state index is 0.691. The predicted octanol–water partition coefficient (Wildman–Crippen LogP) is 10.6. The number of aryl methyl sites for hydroxylation is 4. The quantitative estimate of drug-likeness (QED) is 0.205. The van der Waals surface area contributed by atoms with Crippen LogP contribution in [0.3, 0.4) is 0 Å². The topological polar surface area (TPSA) is 36.9 Å². The van der Waals surface area contributed by atoms with Crippen LogP contribution in [0.5, 0.6) is 23.0 Å². The van der Waals surface area contributed by atoms with Crippen LogP contribution in [0.2, 0.25) is 0 Å². The van der Waals surface area contributed by atoms with E-state index >= 15 is 0 Å². The Bertz CT molecular complexity index is 1430. The molecule has 0 heterocycles. The first-order valence-corrected chi connectivity index (χ1v) is 17.8. The van der Waals surface area contributed by atoms with Crippen molar-refractivity contribution < 1.29 is 18.9 Å². The average Bonchev–Trinajstić information content (AvgIpc) is 2.96. The average molecular weight is 852 g/mol. The number of hydrogen-bond donors (Lipinski definition) is 0. The van der Waals surface area contributed by atoms with Gasteiger partial charge in [0.1, 0.15) is 23.0 Å². The molecule has 0 unspecified atom stereocenters. The molecule has 232 valence electrons. The first-order valence-electron chi connectivity index (χ1n) is 14.7. The van der Waals surface area contributed by atoms with Crippen LogP contribution < -0.4 is 18.9 Å². The lowest BCUT2D eigenvalue weighted by Gasteiger charge is -2.20. The van der Waals surface area contributed by atoms with Gasteiger partial charge in [0.15, 0.2) is 0 Å². The van der Waals surface area contributed by atoms with Gasteiger partial charge in [-0.1, -0.05) is 63.7 Å². The Kier molecular flexibility index (Phi) is 11.4. The second-order valence-corrected chi connectivity index (χ2v) is 14.8. The number of methoxy groups -OCH3 is 4. The lowest BCUT2D eigenvalue weighted by atomic mass is 9.93. The maximum Gasteiger partial charge on any atom is 0.125 e. The molecule has 0 aromatic heterocycles. The highest BCUT2D eigenvalue weighted by molar-refractivity contribution is 9.11. The zero-order valence-electron chi connectivity index (χ0n) is 25.4. The number of rotatable bonds is 4. The fourth-order valence-corrected chi connectivity index (χ4v) is 8.72. The standard InChI is InChI=1S/C36H36Br4O4/c1-41-33-21-7-5-8-22-14-31(39)19-27(35(22)43-3)12-28-20-32(40)16-24(36(28)44-4)10-6-9-23-15-30(38)18-26(34(23)42-2)11-25(33)17-29(37)13-21/h13-20H,5-12H2,1-4H3. The molecule has 8 heteroatoms. The van der Waals surface area contributed by atoms with Gasteiger partial charge in [0, 0.05) is 53.0 Å². The van der Waals surface area contributed by atoms with E-state index in [4.69, 9.17) is 18.9 Å². The van der Waals surface area contributed by atoms with Gasteiger partial charge in [0.2, 0.25) is 0 Å². The zero-order chi connectivity index (χ0) is 31.4. The highest BCUT2D eigenvalue weighted by atomic mass is 79.9. The zero-order valence-corrected chi connectivity index (χ0v) is 31.8. The summed E-state index contributed by atoms with van der Waals surface area (Å²) in [6, 6.07) is 17.4. The van der Waals surface area contributed by atoms with Crippen LogP contribution in [0.15, 0.2) is 66.4 Å². The minimum Gasteiger partial charge on any atom is -0.496 e. The Morgan fingerprint density at radius 2 is 0.568 bits per heavy atom. The molecule has 0 aliphatic heterocycles. The molecular formula is C36H36Br4O4. The van der Waals surface area contributed by atoms with Crippen molar-refractivity contribution in [3.05, 3.63) is 111 Å². The highest BCUT2D eigenvalue weighted by Crippen LogP contribution is 2.39. The van der Waals surface area contributed by atoms with Gasteiger partial charge < -0.3 is 18.9 Å². The molecular weight excluding hydrogens is 816 g/mol. The van der Waals surface area contributed by atoms with Gasteiger partial charge in [0.25, 0.3) is 0 Å². The molecule has 5 rings (SSSR count). The molecule has 0 saturated carbocycles. The molecule has 1 aliphatic carbocycles. The molecule has 0 spiro atoms. The molecule has 4 nitrogen and oxygen atoms in total. The smallest absolute Gasteiger partial charge is 0.125 e. The summed E-state index contributed by atoms with van der Waals surface area (Å²) in [5.74, 6) is 3.74. The van der Waals surface area contributed by atoms with Gasteiger partial charge >= 0.3 is 0 Å². The highest BCUT2D eigenvalue weighted by Gasteiger charge is 2.20. The van der Waals surface area contributed by atoms with Crippen molar-refractivity contribution in [1.82, 2.24) is 0 Å². The van der Waals surface area contributed by atoms with Crippen molar-refractivity contribution in [3.8, 4) is 23.0 Å². The van der Waals surface area contributed by atoms with Gasteiger partial charge in [-0.05, 0) is 109 Å². The van der Waals surface area contributed by atoms with Crippen molar-refractivity contribution in [2.75, 3.05) is 28.4 Å². The van der Waals surface area contributed by atoms with Gasteiger partial charge in [-0.3, -0.25) is 0 Å². The summed E-state index contributed by atoms with van der Waals surface area (Å²) >= 11 is 15.1. The minimum atomic E-state index is 0.691. The van der Waals surface area contributed by atoms with E-state index in [1.165, 1.54) is 22.3 Å². The Morgan fingerprint density at radius 3 is 0.773 bits per heavy atom. The number of halogens is 4. The fourth-order valence-electron chi connectivity index (χ4n) is 6.51. The number of ether oxygens (including phenoxy) is 4. The van der Waals surface area contributed by atoms with Crippen LogP contribution in [0, 0.1) is 0 Å². The van der Waals surface area contributed by atoms with Crippen LogP contribution in [-0.4, -0.2) is 28.4 Å². The first kappa shape index (κ1) is 33.4. The molecule has 4 aromatic carbocycles. The monoisotopic (exact) mass is 848 g/mol. The molecule has 0 amide bonds. The van der Waals surface area contributed by atoms with E-state index in [1.54, 1.807) is 28.4 Å². The Morgan fingerprint density at radius 1 is 0.364 bits per heavy atom.